The Labute approximate surface area is 136 Å². The number of anilines is 1. The zero-order chi connectivity index (χ0) is 15.6. The van der Waals surface area contributed by atoms with Gasteiger partial charge in [0.2, 0.25) is 5.95 Å². The minimum absolute atomic E-state index is 0.168. The fourth-order valence-electron chi connectivity index (χ4n) is 3.46. The molecule has 2 aromatic rings. The van der Waals surface area contributed by atoms with Crippen molar-refractivity contribution in [2.75, 3.05) is 24.5 Å². The van der Waals surface area contributed by atoms with Crippen LogP contribution in [0.15, 0.2) is 30.5 Å². The van der Waals surface area contributed by atoms with Crippen molar-refractivity contribution in [2.45, 2.75) is 32.4 Å². The van der Waals surface area contributed by atoms with Gasteiger partial charge in [0.05, 0.1) is 5.69 Å². The molecule has 4 nitrogen and oxygen atoms in total. The third-order valence-electron chi connectivity index (χ3n) is 4.68. The number of hydrogen-bond acceptors (Lipinski definition) is 4. The van der Waals surface area contributed by atoms with Crippen LogP contribution >= 0.6 is 0 Å². The summed E-state index contributed by atoms with van der Waals surface area (Å²) >= 11 is 0. The minimum atomic E-state index is -0.168. The first-order valence-corrected chi connectivity index (χ1v) is 8.34. The lowest BCUT2D eigenvalue weighted by Gasteiger charge is -2.28. The summed E-state index contributed by atoms with van der Waals surface area (Å²) in [4.78, 5) is 13.9. The largest absolute Gasteiger partial charge is 0.341 e. The summed E-state index contributed by atoms with van der Waals surface area (Å²) in [6.07, 6.45) is 5.39. The van der Waals surface area contributed by atoms with Crippen molar-refractivity contribution in [2.24, 2.45) is 0 Å². The van der Waals surface area contributed by atoms with Crippen molar-refractivity contribution >= 4 is 5.95 Å². The van der Waals surface area contributed by atoms with Gasteiger partial charge in [-0.25, -0.2) is 14.4 Å². The van der Waals surface area contributed by atoms with Crippen LogP contribution in [0.25, 0.3) is 0 Å². The molecule has 0 bridgehead atoms. The Hall–Kier alpha value is -2.01. The number of hydrogen-bond donors (Lipinski definition) is 0. The Bertz CT molecular complexity index is 697. The van der Waals surface area contributed by atoms with Gasteiger partial charge in [-0.1, -0.05) is 12.1 Å². The Morgan fingerprint density at radius 2 is 2.00 bits per heavy atom. The van der Waals surface area contributed by atoms with Crippen molar-refractivity contribution in [1.82, 2.24) is 14.9 Å². The van der Waals surface area contributed by atoms with Crippen LogP contribution in [0, 0.1) is 5.82 Å². The first-order chi connectivity index (χ1) is 11.3. The highest BCUT2D eigenvalue weighted by Gasteiger charge is 2.21. The van der Waals surface area contributed by atoms with E-state index in [0.29, 0.717) is 0 Å². The predicted octanol–water partition coefficient (Wildman–Crippen LogP) is 2.77. The van der Waals surface area contributed by atoms with Gasteiger partial charge in [0, 0.05) is 50.9 Å². The molecule has 1 aromatic heterocycles. The van der Waals surface area contributed by atoms with Gasteiger partial charge in [0.15, 0.2) is 0 Å². The monoisotopic (exact) mass is 312 g/mol. The minimum Gasteiger partial charge on any atom is -0.341 e. The molecule has 0 radical (unpaired) electrons. The Kier molecular flexibility index (Phi) is 3.95. The van der Waals surface area contributed by atoms with Crippen LogP contribution in [0.3, 0.4) is 0 Å². The van der Waals surface area contributed by atoms with E-state index in [2.05, 4.69) is 14.8 Å². The van der Waals surface area contributed by atoms with E-state index < -0.39 is 0 Å². The fraction of sp³-hybridized carbons (Fsp3) is 0.444. The molecule has 2 aliphatic rings. The van der Waals surface area contributed by atoms with E-state index in [9.17, 15) is 4.39 Å². The first-order valence-electron chi connectivity index (χ1n) is 8.34. The van der Waals surface area contributed by atoms with Crippen LogP contribution < -0.4 is 4.90 Å². The molecule has 1 aromatic carbocycles. The van der Waals surface area contributed by atoms with Gasteiger partial charge in [0.25, 0.3) is 0 Å². The molecular formula is C18H21FN4. The SMILES string of the molecule is Fc1cccc(CN2CCc3nc(N4CCCC4)ncc3C2)c1. The van der Waals surface area contributed by atoms with Crippen molar-refractivity contribution in [3.63, 3.8) is 0 Å². The summed E-state index contributed by atoms with van der Waals surface area (Å²) in [5.41, 5.74) is 3.40. The molecule has 120 valence electrons. The third-order valence-corrected chi connectivity index (χ3v) is 4.68. The Morgan fingerprint density at radius 3 is 2.83 bits per heavy atom. The van der Waals surface area contributed by atoms with Crippen molar-refractivity contribution < 1.29 is 4.39 Å². The second-order valence-corrected chi connectivity index (χ2v) is 6.43. The van der Waals surface area contributed by atoms with Crippen LogP contribution in [-0.2, 0) is 19.5 Å². The number of benzene rings is 1. The van der Waals surface area contributed by atoms with Crippen LogP contribution in [-0.4, -0.2) is 34.5 Å². The zero-order valence-corrected chi connectivity index (χ0v) is 13.2. The molecule has 3 heterocycles. The molecule has 23 heavy (non-hydrogen) atoms. The smallest absolute Gasteiger partial charge is 0.225 e. The molecule has 0 unspecified atom stereocenters. The van der Waals surface area contributed by atoms with Gasteiger partial charge in [0.1, 0.15) is 5.82 Å². The molecule has 0 N–H and O–H groups in total. The second-order valence-electron chi connectivity index (χ2n) is 6.43. The van der Waals surface area contributed by atoms with Crippen LogP contribution in [0.5, 0.6) is 0 Å². The molecule has 0 saturated carbocycles. The van der Waals surface area contributed by atoms with Crippen LogP contribution in [0.4, 0.5) is 10.3 Å². The lowest BCUT2D eigenvalue weighted by atomic mass is 10.1. The molecule has 1 saturated heterocycles. The summed E-state index contributed by atoms with van der Waals surface area (Å²) in [5.74, 6) is 0.721. The van der Waals surface area contributed by atoms with E-state index in [1.54, 1.807) is 12.1 Å². The van der Waals surface area contributed by atoms with E-state index >= 15 is 0 Å². The Balaban J connectivity index is 1.47. The fourth-order valence-corrected chi connectivity index (χ4v) is 3.46. The summed E-state index contributed by atoms with van der Waals surface area (Å²) in [6.45, 7) is 4.71. The summed E-state index contributed by atoms with van der Waals surface area (Å²) in [5, 5.41) is 0. The van der Waals surface area contributed by atoms with Gasteiger partial charge < -0.3 is 4.90 Å². The van der Waals surface area contributed by atoms with Gasteiger partial charge in [-0.15, -0.1) is 0 Å². The quantitative estimate of drug-likeness (QED) is 0.872. The van der Waals surface area contributed by atoms with Gasteiger partial charge in [-0.2, -0.15) is 0 Å². The van der Waals surface area contributed by atoms with E-state index in [0.717, 1.165) is 50.7 Å². The predicted molar refractivity (Wildman–Crippen MR) is 87.7 cm³/mol. The zero-order valence-electron chi connectivity index (χ0n) is 13.2. The molecule has 1 fully saturated rings. The first kappa shape index (κ1) is 14.6. The van der Waals surface area contributed by atoms with Gasteiger partial charge in [-0.05, 0) is 30.5 Å². The van der Waals surface area contributed by atoms with Crippen LogP contribution in [0.2, 0.25) is 0 Å². The van der Waals surface area contributed by atoms with E-state index in [-0.39, 0.29) is 5.82 Å². The lowest BCUT2D eigenvalue weighted by Crippen LogP contribution is -2.31. The third kappa shape index (κ3) is 3.20. The molecule has 0 aliphatic carbocycles. The maximum atomic E-state index is 13.3. The standard InChI is InChI=1S/C18H21FN4/c19-16-5-3-4-14(10-16)12-22-9-6-17-15(13-22)11-20-18(21-17)23-7-1-2-8-23/h3-5,10-11H,1-2,6-9,12-13H2. The summed E-state index contributed by atoms with van der Waals surface area (Å²) < 4.78 is 13.3. The van der Waals surface area contributed by atoms with Crippen molar-refractivity contribution in [3.05, 3.63) is 53.1 Å². The number of nitrogens with zero attached hydrogens (tertiary/aromatic N) is 4. The number of aromatic nitrogens is 2. The summed E-state index contributed by atoms with van der Waals surface area (Å²) in [6, 6.07) is 6.85. The lowest BCUT2D eigenvalue weighted by molar-refractivity contribution is 0.242. The molecule has 4 rings (SSSR count). The normalized spacial score (nSPS) is 18.2. The molecule has 0 amide bonds. The number of fused-ring (bicyclic) bond motifs is 1. The maximum Gasteiger partial charge on any atom is 0.225 e. The van der Waals surface area contributed by atoms with Crippen molar-refractivity contribution in [1.29, 1.82) is 0 Å². The number of rotatable bonds is 3. The van der Waals surface area contributed by atoms with Crippen molar-refractivity contribution in [3.8, 4) is 0 Å². The topological polar surface area (TPSA) is 32.3 Å². The highest BCUT2D eigenvalue weighted by molar-refractivity contribution is 5.35. The average molecular weight is 312 g/mol. The maximum absolute atomic E-state index is 13.3. The summed E-state index contributed by atoms with van der Waals surface area (Å²) in [7, 11) is 0. The van der Waals surface area contributed by atoms with E-state index in [4.69, 9.17) is 4.98 Å². The van der Waals surface area contributed by atoms with Crippen LogP contribution in [0.1, 0.15) is 29.7 Å². The highest BCUT2D eigenvalue weighted by atomic mass is 19.1. The van der Waals surface area contributed by atoms with Gasteiger partial charge in [-0.3, -0.25) is 4.90 Å². The number of halogens is 1. The van der Waals surface area contributed by atoms with Gasteiger partial charge >= 0.3 is 0 Å². The average Bonchev–Trinajstić information content (AvgIpc) is 3.09. The molecule has 5 heteroatoms. The second kappa shape index (κ2) is 6.24. The highest BCUT2D eigenvalue weighted by Crippen LogP contribution is 2.22. The molecule has 0 spiro atoms. The Morgan fingerprint density at radius 1 is 1.13 bits per heavy atom. The van der Waals surface area contributed by atoms with E-state index in [1.165, 1.54) is 30.2 Å². The molecule has 0 atom stereocenters. The molecular weight excluding hydrogens is 291 g/mol. The van der Waals surface area contributed by atoms with E-state index in [1.807, 2.05) is 12.3 Å². The molecule has 2 aliphatic heterocycles.